The van der Waals surface area contributed by atoms with E-state index in [0.717, 1.165) is 0 Å². The van der Waals surface area contributed by atoms with Crippen LogP contribution in [0.15, 0.2) is 0 Å². The first-order chi connectivity index (χ1) is 5.65. The van der Waals surface area contributed by atoms with Gasteiger partial charge in [0.15, 0.2) is 5.67 Å². The lowest BCUT2D eigenvalue weighted by molar-refractivity contribution is -0.0182. The monoisotopic (exact) mass is 274 g/mol. The van der Waals surface area contributed by atoms with Gasteiger partial charge < -0.3 is 0 Å². The second-order valence-corrected chi connectivity index (χ2v) is 5.37. The molecule has 1 atom stereocenters. The van der Waals surface area contributed by atoms with Crippen molar-refractivity contribution in [1.29, 1.82) is 0 Å². The molecule has 1 aliphatic rings. The average molecular weight is 276 g/mol. The van der Waals surface area contributed by atoms with Gasteiger partial charge in [0.2, 0.25) is 4.33 Å². The van der Waals surface area contributed by atoms with Crippen molar-refractivity contribution in [1.82, 2.24) is 0 Å². The number of hydrogen-bond acceptors (Lipinski definition) is 0. The van der Waals surface area contributed by atoms with E-state index in [0.29, 0.717) is 0 Å². The Labute approximate surface area is 93.3 Å². The molecule has 0 saturated heterocycles. The van der Waals surface area contributed by atoms with Crippen LogP contribution in [0.25, 0.3) is 0 Å². The van der Waals surface area contributed by atoms with Crippen molar-refractivity contribution in [2.75, 3.05) is 0 Å². The van der Waals surface area contributed by atoms with E-state index in [1.165, 1.54) is 0 Å². The zero-order valence-corrected chi connectivity index (χ0v) is 9.16. The molecule has 1 aliphatic carbocycles. The topological polar surface area (TPSA) is 0 Å². The summed E-state index contributed by atoms with van der Waals surface area (Å²) in [5.41, 5.74) is -2.66. The summed E-state index contributed by atoms with van der Waals surface area (Å²) in [4.78, 5) is -1.67. The Bertz CT molecular complexity index is 215. The van der Waals surface area contributed by atoms with Gasteiger partial charge in [-0.25, -0.2) is 13.2 Å². The predicted octanol–water partition coefficient (Wildman–Crippen LogP) is 4.10. The van der Waals surface area contributed by atoms with Crippen LogP contribution in [0.3, 0.4) is 0 Å². The zero-order valence-electron chi connectivity index (χ0n) is 6.14. The summed E-state index contributed by atoms with van der Waals surface area (Å²) >= 11 is 20.9. The maximum absolute atomic E-state index is 13.7. The molecular formula is C6H5Cl4F3. The van der Waals surface area contributed by atoms with Crippen LogP contribution in [-0.4, -0.2) is 20.8 Å². The van der Waals surface area contributed by atoms with Gasteiger partial charge in [0.1, 0.15) is 4.84 Å². The van der Waals surface area contributed by atoms with Crippen molar-refractivity contribution in [2.45, 2.75) is 33.6 Å². The van der Waals surface area contributed by atoms with Crippen molar-refractivity contribution in [2.24, 2.45) is 0 Å². The smallest absolute Gasteiger partial charge is 0.237 e. The molecule has 0 spiro atoms. The standard InChI is InChI=1S/C6H5Cl4F3/c7-3(8)4(11)1-2-5(12,13)6(4,9)10/h3H,1-2H2. The molecule has 7 heteroatoms. The maximum atomic E-state index is 13.7. The van der Waals surface area contributed by atoms with E-state index in [-0.39, 0.29) is 0 Å². The van der Waals surface area contributed by atoms with E-state index in [1.807, 2.05) is 0 Å². The minimum atomic E-state index is -3.51. The summed E-state index contributed by atoms with van der Waals surface area (Å²) in [6.45, 7) is 0. The maximum Gasteiger partial charge on any atom is 0.283 e. The average Bonchev–Trinajstić information content (AvgIpc) is 2.12. The van der Waals surface area contributed by atoms with Crippen molar-refractivity contribution >= 4 is 46.4 Å². The Morgan fingerprint density at radius 2 is 1.46 bits per heavy atom. The summed E-state index contributed by atoms with van der Waals surface area (Å²) < 4.78 is 36.8. The molecule has 1 fully saturated rings. The highest BCUT2D eigenvalue weighted by Gasteiger charge is 2.72. The van der Waals surface area contributed by atoms with Gasteiger partial charge in [-0.2, -0.15) is 0 Å². The van der Waals surface area contributed by atoms with Crippen molar-refractivity contribution in [3.8, 4) is 0 Å². The summed E-state index contributed by atoms with van der Waals surface area (Å²) in [6.07, 6.45) is -1.31. The van der Waals surface area contributed by atoms with Crippen LogP contribution in [0.2, 0.25) is 0 Å². The largest absolute Gasteiger partial charge is 0.283 e. The summed E-state index contributed by atoms with van der Waals surface area (Å²) in [5.74, 6) is -3.51. The van der Waals surface area contributed by atoms with Gasteiger partial charge in [-0.05, 0) is 6.42 Å². The minimum absolute atomic E-state index is 0.551. The second-order valence-electron chi connectivity index (χ2n) is 2.94. The number of alkyl halides is 7. The Morgan fingerprint density at radius 1 is 1.00 bits per heavy atom. The van der Waals surface area contributed by atoms with Crippen LogP contribution in [-0.2, 0) is 0 Å². The van der Waals surface area contributed by atoms with E-state index >= 15 is 0 Å². The van der Waals surface area contributed by atoms with E-state index < -0.39 is 33.6 Å². The van der Waals surface area contributed by atoms with Gasteiger partial charge in [0, 0.05) is 6.42 Å². The normalized spacial score (nSPS) is 36.9. The first-order valence-electron chi connectivity index (χ1n) is 3.38. The van der Waals surface area contributed by atoms with Gasteiger partial charge in [0.05, 0.1) is 0 Å². The van der Waals surface area contributed by atoms with Crippen LogP contribution in [0.1, 0.15) is 12.8 Å². The molecular weight excluding hydrogens is 271 g/mol. The van der Waals surface area contributed by atoms with Gasteiger partial charge in [-0.3, -0.25) is 0 Å². The van der Waals surface area contributed by atoms with Crippen molar-refractivity contribution < 1.29 is 13.2 Å². The quantitative estimate of drug-likeness (QED) is 0.632. The molecule has 0 amide bonds. The first kappa shape index (κ1) is 12.0. The zero-order chi connectivity index (χ0) is 10.5. The number of halogens is 7. The molecule has 78 valence electrons. The minimum Gasteiger partial charge on any atom is -0.237 e. The molecule has 0 aromatic heterocycles. The highest BCUT2D eigenvalue weighted by atomic mass is 35.5. The molecule has 0 bridgehead atoms. The van der Waals surface area contributed by atoms with Gasteiger partial charge in [0.25, 0.3) is 5.92 Å². The summed E-state index contributed by atoms with van der Waals surface area (Å²) in [7, 11) is 0. The van der Waals surface area contributed by atoms with Crippen LogP contribution in [0.4, 0.5) is 13.2 Å². The lowest BCUT2D eigenvalue weighted by atomic mass is 10.1. The summed E-state index contributed by atoms with van der Waals surface area (Å²) in [5, 5.41) is 0. The van der Waals surface area contributed by atoms with Crippen LogP contribution in [0.5, 0.6) is 0 Å². The molecule has 0 heterocycles. The van der Waals surface area contributed by atoms with Crippen LogP contribution in [0, 0.1) is 0 Å². The Hall–Kier alpha value is 0.950. The highest BCUT2D eigenvalue weighted by Crippen LogP contribution is 2.61. The third kappa shape index (κ3) is 1.52. The van der Waals surface area contributed by atoms with E-state index in [1.54, 1.807) is 0 Å². The highest BCUT2D eigenvalue weighted by molar-refractivity contribution is 6.53. The molecule has 0 aliphatic heterocycles. The fourth-order valence-corrected chi connectivity index (χ4v) is 2.57. The fraction of sp³-hybridized carbons (Fsp3) is 1.00. The third-order valence-corrected chi connectivity index (χ3v) is 4.00. The Morgan fingerprint density at radius 3 is 1.62 bits per heavy atom. The van der Waals surface area contributed by atoms with Crippen LogP contribution < -0.4 is 0 Å². The molecule has 0 aromatic rings. The van der Waals surface area contributed by atoms with Crippen molar-refractivity contribution in [3.63, 3.8) is 0 Å². The Balaban J connectivity index is 3.07. The molecule has 0 nitrogen and oxygen atoms in total. The molecule has 0 aromatic carbocycles. The molecule has 1 unspecified atom stereocenters. The molecule has 0 radical (unpaired) electrons. The van der Waals surface area contributed by atoms with E-state index in [4.69, 9.17) is 46.4 Å². The SMILES string of the molecule is FC1(F)CCC(F)(C(Cl)Cl)C1(Cl)Cl. The molecule has 1 saturated carbocycles. The first-order valence-corrected chi connectivity index (χ1v) is 5.01. The predicted molar refractivity (Wildman–Crippen MR) is 48.0 cm³/mol. The van der Waals surface area contributed by atoms with Crippen molar-refractivity contribution in [3.05, 3.63) is 0 Å². The van der Waals surface area contributed by atoms with Gasteiger partial charge >= 0.3 is 0 Å². The fourth-order valence-electron chi connectivity index (χ4n) is 1.20. The molecule has 13 heavy (non-hydrogen) atoms. The number of rotatable bonds is 1. The lowest BCUT2D eigenvalue weighted by Crippen LogP contribution is -2.50. The molecule has 1 rings (SSSR count). The number of hydrogen-bond donors (Lipinski definition) is 0. The van der Waals surface area contributed by atoms with Gasteiger partial charge in [-0.15, -0.1) is 23.2 Å². The van der Waals surface area contributed by atoms with Crippen LogP contribution >= 0.6 is 46.4 Å². The third-order valence-electron chi connectivity index (χ3n) is 2.13. The van der Waals surface area contributed by atoms with Gasteiger partial charge in [-0.1, -0.05) is 23.2 Å². The molecule has 0 N–H and O–H groups in total. The lowest BCUT2D eigenvalue weighted by Gasteiger charge is -2.33. The van der Waals surface area contributed by atoms with E-state index in [2.05, 4.69) is 0 Å². The van der Waals surface area contributed by atoms with E-state index in [9.17, 15) is 13.2 Å². The second kappa shape index (κ2) is 3.22. The summed E-state index contributed by atoms with van der Waals surface area (Å²) in [6, 6.07) is 0. The Kier molecular flexibility index (Phi) is 2.98.